The molecule has 0 fully saturated rings. The first kappa shape index (κ1) is 11.7. The maximum Gasteiger partial charge on any atom is 0.198 e. The van der Waals surface area contributed by atoms with E-state index in [1.165, 1.54) is 0 Å². The fraction of sp³-hybridized carbons (Fsp3) is 0.500. The second kappa shape index (κ2) is 5.52. The average molecular weight is 233 g/mol. The molecule has 0 bridgehead atoms. The molecule has 17 heavy (non-hydrogen) atoms. The third kappa shape index (κ3) is 3.09. The van der Waals surface area contributed by atoms with Crippen LogP contribution in [0.1, 0.15) is 12.8 Å². The van der Waals surface area contributed by atoms with E-state index in [1.54, 1.807) is 0 Å². The summed E-state index contributed by atoms with van der Waals surface area (Å²) in [6, 6.07) is 0. The molecule has 3 N–H and O–H groups in total. The predicted octanol–water partition coefficient (Wildman–Crippen LogP) is 0.969. The first-order valence-corrected chi connectivity index (χ1v) is 6.01. The molecule has 0 unspecified atom stereocenters. The van der Waals surface area contributed by atoms with Crippen molar-refractivity contribution in [3.8, 4) is 0 Å². The quantitative estimate of drug-likeness (QED) is 0.332. The summed E-state index contributed by atoms with van der Waals surface area (Å²) >= 11 is 0. The SMILES string of the molecule is N=C(NC(=N)N1CC=CCC1)N1CC=CCC1. The molecule has 2 heterocycles. The Labute approximate surface area is 102 Å². The smallest absolute Gasteiger partial charge is 0.198 e. The second-order valence-corrected chi connectivity index (χ2v) is 4.23. The van der Waals surface area contributed by atoms with Crippen LogP contribution in [0.3, 0.4) is 0 Å². The van der Waals surface area contributed by atoms with E-state index in [1.807, 2.05) is 9.80 Å². The van der Waals surface area contributed by atoms with Gasteiger partial charge in [-0.2, -0.15) is 0 Å². The Bertz CT molecular complexity index is 324. The predicted molar refractivity (Wildman–Crippen MR) is 69.2 cm³/mol. The molecule has 0 spiro atoms. The number of nitrogens with zero attached hydrogens (tertiary/aromatic N) is 2. The summed E-state index contributed by atoms with van der Waals surface area (Å²) in [6.07, 6.45) is 10.3. The van der Waals surface area contributed by atoms with Crippen LogP contribution >= 0.6 is 0 Å². The van der Waals surface area contributed by atoms with Gasteiger partial charge in [0, 0.05) is 26.2 Å². The maximum atomic E-state index is 7.93. The molecule has 2 aliphatic heterocycles. The lowest BCUT2D eigenvalue weighted by molar-refractivity contribution is 0.419. The summed E-state index contributed by atoms with van der Waals surface area (Å²) < 4.78 is 0. The molecule has 0 radical (unpaired) electrons. The third-order valence-electron chi connectivity index (χ3n) is 2.99. The summed E-state index contributed by atoms with van der Waals surface area (Å²) in [5.74, 6) is 0.655. The van der Waals surface area contributed by atoms with Crippen LogP contribution in [0.2, 0.25) is 0 Å². The molecule has 2 rings (SSSR count). The summed E-state index contributed by atoms with van der Waals surface area (Å²) in [5, 5.41) is 18.7. The van der Waals surface area contributed by atoms with E-state index < -0.39 is 0 Å². The molecule has 5 nitrogen and oxygen atoms in total. The zero-order valence-corrected chi connectivity index (χ0v) is 9.95. The Kier molecular flexibility index (Phi) is 3.80. The van der Waals surface area contributed by atoms with Crippen molar-refractivity contribution >= 4 is 11.9 Å². The average Bonchev–Trinajstić information content (AvgIpc) is 2.40. The van der Waals surface area contributed by atoms with Crippen molar-refractivity contribution in [3.05, 3.63) is 24.3 Å². The van der Waals surface area contributed by atoms with Crippen LogP contribution in [-0.2, 0) is 0 Å². The van der Waals surface area contributed by atoms with Crippen LogP contribution in [0, 0.1) is 10.8 Å². The lowest BCUT2D eigenvalue weighted by Crippen LogP contribution is -2.50. The van der Waals surface area contributed by atoms with E-state index >= 15 is 0 Å². The fourth-order valence-electron chi connectivity index (χ4n) is 1.96. The van der Waals surface area contributed by atoms with Crippen LogP contribution in [-0.4, -0.2) is 47.9 Å². The van der Waals surface area contributed by atoms with Crippen LogP contribution in [0.5, 0.6) is 0 Å². The van der Waals surface area contributed by atoms with Gasteiger partial charge in [0.2, 0.25) is 0 Å². The molecular weight excluding hydrogens is 214 g/mol. The van der Waals surface area contributed by atoms with Gasteiger partial charge in [-0.1, -0.05) is 24.3 Å². The van der Waals surface area contributed by atoms with Gasteiger partial charge in [0.1, 0.15) is 0 Å². The molecule has 0 aromatic carbocycles. The van der Waals surface area contributed by atoms with Gasteiger partial charge < -0.3 is 9.80 Å². The zero-order valence-electron chi connectivity index (χ0n) is 9.95. The minimum atomic E-state index is 0.328. The number of rotatable bonds is 0. The van der Waals surface area contributed by atoms with E-state index in [0.29, 0.717) is 11.9 Å². The second-order valence-electron chi connectivity index (χ2n) is 4.23. The standard InChI is InChI=1S/C12H19N5/c13-11(16-7-3-1-4-8-16)15-12(14)17-9-5-2-6-10-17/h1-3,5H,4,6-10H2,(H3,13,14,15). The Morgan fingerprint density at radius 2 is 1.29 bits per heavy atom. The van der Waals surface area contributed by atoms with Crippen LogP contribution in [0.4, 0.5) is 0 Å². The van der Waals surface area contributed by atoms with Gasteiger partial charge in [0.15, 0.2) is 11.9 Å². The molecule has 92 valence electrons. The molecule has 0 aromatic rings. The van der Waals surface area contributed by atoms with E-state index in [9.17, 15) is 0 Å². The molecule has 5 heteroatoms. The van der Waals surface area contributed by atoms with Crippen molar-refractivity contribution in [2.45, 2.75) is 12.8 Å². The van der Waals surface area contributed by atoms with Crippen molar-refractivity contribution in [1.82, 2.24) is 15.1 Å². The van der Waals surface area contributed by atoms with E-state index in [4.69, 9.17) is 10.8 Å². The Morgan fingerprint density at radius 1 is 0.824 bits per heavy atom. The van der Waals surface area contributed by atoms with Gasteiger partial charge in [0.25, 0.3) is 0 Å². The van der Waals surface area contributed by atoms with Gasteiger partial charge >= 0.3 is 0 Å². The molecule has 0 saturated heterocycles. The third-order valence-corrected chi connectivity index (χ3v) is 2.99. The van der Waals surface area contributed by atoms with Crippen LogP contribution in [0.15, 0.2) is 24.3 Å². The fourth-order valence-corrected chi connectivity index (χ4v) is 1.96. The lowest BCUT2D eigenvalue weighted by Gasteiger charge is -2.30. The summed E-state index contributed by atoms with van der Waals surface area (Å²) in [4.78, 5) is 3.88. The summed E-state index contributed by atoms with van der Waals surface area (Å²) in [7, 11) is 0. The topological polar surface area (TPSA) is 66.2 Å². The monoisotopic (exact) mass is 233 g/mol. The normalized spacial score (nSPS) is 19.3. The largest absolute Gasteiger partial charge is 0.339 e. The molecule has 0 amide bonds. The number of hydrogen-bond donors (Lipinski definition) is 3. The van der Waals surface area contributed by atoms with Crippen LogP contribution in [0.25, 0.3) is 0 Å². The molecule has 2 aliphatic rings. The van der Waals surface area contributed by atoms with Crippen molar-refractivity contribution in [1.29, 1.82) is 10.8 Å². The van der Waals surface area contributed by atoms with Gasteiger partial charge in [-0.15, -0.1) is 0 Å². The van der Waals surface area contributed by atoms with E-state index in [2.05, 4.69) is 29.6 Å². The van der Waals surface area contributed by atoms with Crippen molar-refractivity contribution < 1.29 is 0 Å². The first-order valence-electron chi connectivity index (χ1n) is 6.01. The molecule has 0 saturated carbocycles. The first-order chi connectivity index (χ1) is 8.27. The highest BCUT2D eigenvalue weighted by Gasteiger charge is 2.15. The highest BCUT2D eigenvalue weighted by molar-refractivity contribution is 5.95. The molecule has 0 atom stereocenters. The van der Waals surface area contributed by atoms with E-state index in [-0.39, 0.29) is 0 Å². The number of nitrogens with one attached hydrogen (secondary N) is 3. The van der Waals surface area contributed by atoms with Crippen LogP contribution < -0.4 is 5.32 Å². The highest BCUT2D eigenvalue weighted by Crippen LogP contribution is 2.03. The van der Waals surface area contributed by atoms with Gasteiger partial charge in [0.05, 0.1) is 0 Å². The summed E-state index contributed by atoms with van der Waals surface area (Å²) in [5.41, 5.74) is 0. The number of guanidine groups is 2. The van der Waals surface area contributed by atoms with Crippen molar-refractivity contribution in [2.75, 3.05) is 26.2 Å². The van der Waals surface area contributed by atoms with Crippen molar-refractivity contribution in [2.24, 2.45) is 0 Å². The Balaban J connectivity index is 1.83. The maximum absolute atomic E-state index is 7.93. The molecule has 0 aromatic heterocycles. The van der Waals surface area contributed by atoms with Crippen molar-refractivity contribution in [3.63, 3.8) is 0 Å². The molecular formula is C12H19N5. The van der Waals surface area contributed by atoms with Gasteiger partial charge in [-0.05, 0) is 12.8 Å². The molecule has 0 aliphatic carbocycles. The number of hydrogen-bond acceptors (Lipinski definition) is 2. The van der Waals surface area contributed by atoms with Gasteiger partial charge in [-0.3, -0.25) is 16.1 Å². The zero-order chi connectivity index (χ0) is 12.1. The minimum absolute atomic E-state index is 0.328. The Morgan fingerprint density at radius 3 is 1.65 bits per heavy atom. The Hall–Kier alpha value is -1.78. The minimum Gasteiger partial charge on any atom is -0.339 e. The van der Waals surface area contributed by atoms with E-state index in [0.717, 1.165) is 39.0 Å². The lowest BCUT2D eigenvalue weighted by atomic mass is 10.2. The summed E-state index contributed by atoms with van der Waals surface area (Å²) in [6.45, 7) is 3.24. The highest BCUT2D eigenvalue weighted by atomic mass is 15.4. The van der Waals surface area contributed by atoms with Gasteiger partial charge in [-0.25, -0.2) is 0 Å².